The van der Waals surface area contributed by atoms with Crippen LogP contribution in [0.4, 0.5) is 0 Å². The molecule has 5 heteroatoms. The Bertz CT molecular complexity index is 602. The van der Waals surface area contributed by atoms with Crippen molar-refractivity contribution < 1.29 is 4.79 Å². The second-order valence-electron chi connectivity index (χ2n) is 5.52. The maximum atomic E-state index is 12.3. The van der Waals surface area contributed by atoms with Crippen molar-refractivity contribution in [2.45, 2.75) is 32.9 Å². The molecule has 0 aromatic carbocycles. The number of aryl methyl sites for hydroxylation is 1. The van der Waals surface area contributed by atoms with E-state index in [-0.39, 0.29) is 11.3 Å². The molecule has 1 N–H and O–H groups in total. The topological polar surface area (TPSA) is 59.8 Å². The van der Waals surface area contributed by atoms with Gasteiger partial charge in [-0.05, 0) is 37.5 Å². The van der Waals surface area contributed by atoms with Crippen molar-refractivity contribution in [1.29, 1.82) is 0 Å². The van der Waals surface area contributed by atoms with Crippen molar-refractivity contribution in [2.24, 2.45) is 5.41 Å². The Morgan fingerprint density at radius 1 is 1.45 bits per heavy atom. The summed E-state index contributed by atoms with van der Waals surface area (Å²) in [6.07, 6.45) is 9.06. The Morgan fingerprint density at radius 3 is 2.95 bits per heavy atom. The van der Waals surface area contributed by atoms with Gasteiger partial charge in [0.25, 0.3) is 0 Å². The lowest BCUT2D eigenvalue weighted by molar-refractivity contribution is -0.127. The van der Waals surface area contributed by atoms with Crippen LogP contribution >= 0.6 is 0 Å². The molecule has 0 bridgehead atoms. The first-order chi connectivity index (χ1) is 9.68. The lowest BCUT2D eigenvalue weighted by Crippen LogP contribution is -2.34. The van der Waals surface area contributed by atoms with Gasteiger partial charge in [-0.2, -0.15) is 0 Å². The van der Waals surface area contributed by atoms with E-state index in [0.29, 0.717) is 13.1 Å². The van der Waals surface area contributed by atoms with Crippen molar-refractivity contribution in [3.8, 4) is 0 Å². The van der Waals surface area contributed by atoms with Gasteiger partial charge in [-0.25, -0.2) is 4.98 Å². The lowest BCUT2D eigenvalue weighted by atomic mass is 10.1. The predicted molar refractivity (Wildman–Crippen MR) is 74.7 cm³/mol. The zero-order valence-corrected chi connectivity index (χ0v) is 11.5. The fourth-order valence-corrected chi connectivity index (χ4v) is 2.39. The molecule has 1 aliphatic rings. The Labute approximate surface area is 118 Å². The number of hydrogen-bond donors (Lipinski definition) is 1. The summed E-state index contributed by atoms with van der Waals surface area (Å²) in [6, 6.07) is 3.95. The molecule has 2 aromatic rings. The van der Waals surface area contributed by atoms with E-state index < -0.39 is 0 Å². The normalized spacial score (nSPS) is 15.8. The molecule has 2 aromatic heterocycles. The molecule has 2 heterocycles. The molecule has 3 rings (SSSR count). The summed E-state index contributed by atoms with van der Waals surface area (Å²) < 4.78 is 1.97. The summed E-state index contributed by atoms with van der Waals surface area (Å²) in [4.78, 5) is 20.6. The van der Waals surface area contributed by atoms with Gasteiger partial charge in [-0.1, -0.05) is 0 Å². The van der Waals surface area contributed by atoms with Gasteiger partial charge in [0.05, 0.1) is 24.0 Å². The third-order valence-electron chi connectivity index (χ3n) is 3.78. The molecule has 0 unspecified atom stereocenters. The van der Waals surface area contributed by atoms with Crippen molar-refractivity contribution in [1.82, 2.24) is 19.9 Å². The molecule has 1 fully saturated rings. The molecule has 20 heavy (non-hydrogen) atoms. The number of amides is 1. The minimum absolute atomic E-state index is 0.120. The Hall–Kier alpha value is -2.17. The van der Waals surface area contributed by atoms with Crippen molar-refractivity contribution >= 4 is 5.91 Å². The quantitative estimate of drug-likeness (QED) is 0.899. The number of carbonyl (C=O) groups excluding carboxylic acids is 1. The summed E-state index contributed by atoms with van der Waals surface area (Å²) in [5, 5.41) is 3.01. The highest BCUT2D eigenvalue weighted by Crippen LogP contribution is 2.47. The van der Waals surface area contributed by atoms with Crippen LogP contribution in [0.2, 0.25) is 0 Å². The minimum Gasteiger partial charge on any atom is -0.350 e. The van der Waals surface area contributed by atoms with Crippen molar-refractivity contribution in [3.05, 3.63) is 48.3 Å². The first-order valence-electron chi connectivity index (χ1n) is 6.84. The van der Waals surface area contributed by atoms with E-state index in [1.807, 2.05) is 29.8 Å². The maximum absolute atomic E-state index is 12.3. The van der Waals surface area contributed by atoms with Crippen LogP contribution in [0.5, 0.6) is 0 Å². The third kappa shape index (κ3) is 2.71. The monoisotopic (exact) mass is 270 g/mol. The molecule has 0 radical (unpaired) electrons. The number of aromatic nitrogens is 3. The molecule has 1 amide bonds. The third-order valence-corrected chi connectivity index (χ3v) is 3.78. The number of rotatable bonds is 5. The summed E-state index contributed by atoms with van der Waals surface area (Å²) >= 11 is 0. The molecule has 1 saturated carbocycles. The summed E-state index contributed by atoms with van der Waals surface area (Å²) in [5.41, 5.74) is 1.81. The lowest BCUT2D eigenvalue weighted by Gasteiger charge is -2.15. The largest absolute Gasteiger partial charge is 0.350 e. The smallest absolute Gasteiger partial charge is 0.228 e. The minimum atomic E-state index is -0.246. The van der Waals surface area contributed by atoms with Gasteiger partial charge in [0.2, 0.25) is 5.91 Å². The average Bonchev–Trinajstić information content (AvgIpc) is 3.03. The highest BCUT2D eigenvalue weighted by Gasteiger charge is 2.49. The van der Waals surface area contributed by atoms with Crippen LogP contribution in [0.1, 0.15) is 24.1 Å². The second-order valence-corrected chi connectivity index (χ2v) is 5.52. The van der Waals surface area contributed by atoms with Crippen LogP contribution in [0.15, 0.2) is 37.1 Å². The van der Waals surface area contributed by atoms with E-state index >= 15 is 0 Å². The second kappa shape index (κ2) is 5.07. The summed E-state index contributed by atoms with van der Waals surface area (Å²) in [5.74, 6) is 0.120. The fourth-order valence-electron chi connectivity index (χ4n) is 2.39. The van der Waals surface area contributed by atoms with E-state index in [0.717, 1.165) is 24.1 Å². The van der Waals surface area contributed by atoms with E-state index in [1.165, 1.54) is 0 Å². The van der Waals surface area contributed by atoms with Crippen LogP contribution in [0.3, 0.4) is 0 Å². The van der Waals surface area contributed by atoms with E-state index in [9.17, 15) is 4.79 Å². The molecular weight excluding hydrogens is 252 g/mol. The van der Waals surface area contributed by atoms with Gasteiger partial charge in [0, 0.05) is 25.1 Å². The SMILES string of the molecule is Cc1ccnc(CNC(=O)C2(Cn3ccnc3)CC2)c1. The van der Waals surface area contributed by atoms with E-state index in [4.69, 9.17) is 0 Å². The van der Waals surface area contributed by atoms with Crippen molar-refractivity contribution in [2.75, 3.05) is 0 Å². The fraction of sp³-hybridized carbons (Fsp3) is 0.400. The van der Waals surface area contributed by atoms with Crippen LogP contribution in [-0.2, 0) is 17.9 Å². The van der Waals surface area contributed by atoms with Gasteiger partial charge in [0.15, 0.2) is 0 Å². The number of nitrogens with one attached hydrogen (secondary N) is 1. The Morgan fingerprint density at radius 2 is 2.30 bits per heavy atom. The zero-order valence-electron chi connectivity index (χ0n) is 11.5. The number of hydrogen-bond acceptors (Lipinski definition) is 3. The van der Waals surface area contributed by atoms with Gasteiger partial charge in [0.1, 0.15) is 0 Å². The average molecular weight is 270 g/mol. The molecule has 104 valence electrons. The number of pyridine rings is 1. The molecule has 0 saturated heterocycles. The van der Waals surface area contributed by atoms with E-state index in [2.05, 4.69) is 15.3 Å². The van der Waals surface area contributed by atoms with Crippen molar-refractivity contribution in [3.63, 3.8) is 0 Å². The Kier molecular flexibility index (Phi) is 3.26. The van der Waals surface area contributed by atoms with Crippen LogP contribution in [0, 0.1) is 12.3 Å². The van der Waals surface area contributed by atoms with Gasteiger partial charge >= 0.3 is 0 Å². The molecule has 0 spiro atoms. The van der Waals surface area contributed by atoms with Gasteiger partial charge in [-0.15, -0.1) is 0 Å². The zero-order chi connectivity index (χ0) is 14.0. The number of imidazole rings is 1. The van der Waals surface area contributed by atoms with Gasteiger partial charge in [-0.3, -0.25) is 9.78 Å². The van der Waals surface area contributed by atoms with Crippen LogP contribution in [0.25, 0.3) is 0 Å². The first kappa shape index (κ1) is 12.8. The maximum Gasteiger partial charge on any atom is 0.228 e. The first-order valence-corrected chi connectivity index (χ1v) is 6.84. The van der Waals surface area contributed by atoms with Crippen LogP contribution < -0.4 is 5.32 Å². The molecule has 0 aliphatic heterocycles. The highest BCUT2D eigenvalue weighted by molar-refractivity contribution is 5.85. The summed E-state index contributed by atoms with van der Waals surface area (Å²) in [7, 11) is 0. The molecular formula is C15H18N4O. The number of carbonyl (C=O) groups is 1. The molecule has 0 atom stereocenters. The van der Waals surface area contributed by atoms with E-state index in [1.54, 1.807) is 18.7 Å². The standard InChI is InChI=1S/C15H18N4O/c1-12-2-5-17-13(8-12)9-18-14(20)15(3-4-15)10-19-7-6-16-11-19/h2,5-8,11H,3-4,9-10H2,1H3,(H,18,20). The Balaban J connectivity index is 1.59. The number of nitrogens with zero attached hydrogens (tertiary/aromatic N) is 3. The summed E-state index contributed by atoms with van der Waals surface area (Å²) in [6.45, 7) is 3.22. The highest BCUT2D eigenvalue weighted by atomic mass is 16.2. The van der Waals surface area contributed by atoms with Gasteiger partial charge < -0.3 is 9.88 Å². The predicted octanol–water partition coefficient (Wildman–Crippen LogP) is 1.68. The van der Waals surface area contributed by atoms with Crippen LogP contribution in [-0.4, -0.2) is 20.4 Å². The molecule has 5 nitrogen and oxygen atoms in total. The molecule has 1 aliphatic carbocycles.